The summed E-state index contributed by atoms with van der Waals surface area (Å²) in [5.41, 5.74) is 6.09. The molecule has 1 aliphatic rings. The van der Waals surface area contributed by atoms with E-state index in [4.69, 9.17) is 5.73 Å². The Morgan fingerprint density at radius 3 is 2.53 bits per heavy atom. The molecular formula is C14H19F3N2. The molecule has 0 saturated carbocycles. The van der Waals surface area contributed by atoms with Crippen molar-refractivity contribution < 1.29 is 13.2 Å². The Hall–Kier alpha value is -1.39. The zero-order chi connectivity index (χ0) is 14.2. The van der Waals surface area contributed by atoms with Crippen molar-refractivity contribution in [2.24, 2.45) is 0 Å². The quantitative estimate of drug-likeness (QED) is 0.823. The number of rotatable bonds is 2. The second kappa shape index (κ2) is 4.94. The van der Waals surface area contributed by atoms with Crippen LogP contribution in [0, 0.1) is 0 Å². The average Bonchev–Trinajstić information content (AvgIpc) is 2.69. The minimum Gasteiger partial charge on any atom is -0.397 e. The molecule has 1 saturated heterocycles. The van der Waals surface area contributed by atoms with Crippen LogP contribution in [0.15, 0.2) is 18.2 Å². The topological polar surface area (TPSA) is 29.3 Å². The molecule has 0 spiro atoms. The van der Waals surface area contributed by atoms with Crippen LogP contribution in [0.2, 0.25) is 0 Å². The van der Waals surface area contributed by atoms with Crippen molar-refractivity contribution in [2.75, 3.05) is 10.6 Å². The van der Waals surface area contributed by atoms with Gasteiger partial charge in [0.15, 0.2) is 0 Å². The normalized spacial score (nSPS) is 23.9. The van der Waals surface area contributed by atoms with Crippen LogP contribution >= 0.6 is 0 Å². The highest BCUT2D eigenvalue weighted by atomic mass is 19.4. The highest BCUT2D eigenvalue weighted by Crippen LogP contribution is 2.38. The van der Waals surface area contributed by atoms with Gasteiger partial charge in [-0.1, -0.05) is 6.92 Å². The minimum atomic E-state index is -4.34. The molecule has 1 aromatic carbocycles. The maximum absolute atomic E-state index is 12.6. The van der Waals surface area contributed by atoms with Gasteiger partial charge in [0.2, 0.25) is 0 Å². The molecule has 2 unspecified atom stereocenters. The van der Waals surface area contributed by atoms with Crippen molar-refractivity contribution in [3.8, 4) is 0 Å². The van der Waals surface area contributed by atoms with E-state index in [0.29, 0.717) is 12.1 Å². The van der Waals surface area contributed by atoms with Crippen LogP contribution in [0.25, 0.3) is 0 Å². The fourth-order valence-corrected chi connectivity index (χ4v) is 2.87. The molecule has 106 valence electrons. The molecule has 0 aromatic heterocycles. The average molecular weight is 272 g/mol. The van der Waals surface area contributed by atoms with Gasteiger partial charge in [-0.25, -0.2) is 0 Å². The highest BCUT2D eigenvalue weighted by molar-refractivity contribution is 5.70. The maximum Gasteiger partial charge on any atom is 0.416 e. The third-order valence-electron chi connectivity index (χ3n) is 3.89. The lowest BCUT2D eigenvalue weighted by Crippen LogP contribution is -2.34. The molecule has 1 aromatic rings. The van der Waals surface area contributed by atoms with E-state index in [1.807, 2.05) is 0 Å². The zero-order valence-corrected chi connectivity index (χ0v) is 11.2. The van der Waals surface area contributed by atoms with E-state index >= 15 is 0 Å². The molecule has 1 heterocycles. The Balaban J connectivity index is 2.35. The standard InChI is InChI=1S/C14H19F3N2/c1-3-11-6-4-9(2)19(11)13-7-5-10(8-12(13)18)14(15,16)17/h5,7-9,11H,3-4,6,18H2,1-2H3. The van der Waals surface area contributed by atoms with Gasteiger partial charge >= 0.3 is 6.18 Å². The first kappa shape index (κ1) is 14.0. The number of anilines is 2. The first-order valence-corrected chi connectivity index (χ1v) is 6.59. The maximum atomic E-state index is 12.6. The first-order chi connectivity index (χ1) is 8.84. The van der Waals surface area contributed by atoms with Crippen LogP contribution in [-0.2, 0) is 6.18 Å². The second-order valence-corrected chi connectivity index (χ2v) is 5.17. The smallest absolute Gasteiger partial charge is 0.397 e. The largest absolute Gasteiger partial charge is 0.416 e. The van der Waals surface area contributed by atoms with Crippen LogP contribution in [0.1, 0.15) is 38.7 Å². The molecule has 1 fully saturated rings. The SMILES string of the molecule is CCC1CCC(C)N1c1ccc(C(F)(F)F)cc1N. The van der Waals surface area contributed by atoms with Gasteiger partial charge in [0.1, 0.15) is 0 Å². The molecular weight excluding hydrogens is 253 g/mol. The summed E-state index contributed by atoms with van der Waals surface area (Å²) in [4.78, 5) is 2.16. The summed E-state index contributed by atoms with van der Waals surface area (Å²) < 4.78 is 37.9. The summed E-state index contributed by atoms with van der Waals surface area (Å²) in [6, 6.07) is 4.34. The van der Waals surface area contributed by atoms with Crippen LogP contribution < -0.4 is 10.6 Å². The number of nitrogen functional groups attached to an aromatic ring is 1. The molecule has 0 aliphatic carbocycles. The Bertz CT molecular complexity index is 456. The van der Waals surface area contributed by atoms with Gasteiger partial charge in [-0.2, -0.15) is 13.2 Å². The number of hydrogen-bond acceptors (Lipinski definition) is 2. The summed E-state index contributed by atoms with van der Waals surface area (Å²) in [5, 5.41) is 0. The molecule has 0 radical (unpaired) electrons. The van der Waals surface area contributed by atoms with E-state index in [2.05, 4.69) is 18.7 Å². The van der Waals surface area contributed by atoms with E-state index in [-0.39, 0.29) is 5.69 Å². The van der Waals surface area contributed by atoms with Crippen molar-refractivity contribution in [3.05, 3.63) is 23.8 Å². The fraction of sp³-hybridized carbons (Fsp3) is 0.571. The van der Waals surface area contributed by atoms with Gasteiger partial charge in [0.25, 0.3) is 0 Å². The molecule has 2 rings (SSSR count). The van der Waals surface area contributed by atoms with Gasteiger partial charge in [0, 0.05) is 12.1 Å². The Morgan fingerprint density at radius 1 is 1.32 bits per heavy atom. The number of hydrogen-bond donors (Lipinski definition) is 1. The van der Waals surface area contributed by atoms with Crippen LogP contribution in [0.5, 0.6) is 0 Å². The predicted octanol–water partition coefficient (Wildman–Crippen LogP) is 4.05. The molecule has 2 atom stereocenters. The number of alkyl halides is 3. The summed E-state index contributed by atoms with van der Waals surface area (Å²) in [6.45, 7) is 4.18. The molecule has 0 amide bonds. The van der Waals surface area contributed by atoms with Crippen molar-refractivity contribution in [2.45, 2.75) is 51.4 Å². The third-order valence-corrected chi connectivity index (χ3v) is 3.89. The fourth-order valence-electron chi connectivity index (χ4n) is 2.87. The van der Waals surface area contributed by atoms with Gasteiger partial charge in [-0.15, -0.1) is 0 Å². The lowest BCUT2D eigenvalue weighted by Gasteiger charge is -2.31. The number of benzene rings is 1. The van der Waals surface area contributed by atoms with Crippen molar-refractivity contribution in [3.63, 3.8) is 0 Å². The van der Waals surface area contributed by atoms with E-state index in [1.54, 1.807) is 0 Å². The summed E-state index contributed by atoms with van der Waals surface area (Å²) >= 11 is 0. The van der Waals surface area contributed by atoms with Crippen molar-refractivity contribution in [1.82, 2.24) is 0 Å². The highest BCUT2D eigenvalue weighted by Gasteiger charge is 2.34. The monoisotopic (exact) mass is 272 g/mol. The number of halogens is 3. The van der Waals surface area contributed by atoms with Gasteiger partial charge in [-0.05, 0) is 44.4 Å². The van der Waals surface area contributed by atoms with E-state index in [0.717, 1.165) is 37.1 Å². The second-order valence-electron chi connectivity index (χ2n) is 5.17. The third kappa shape index (κ3) is 2.65. The summed E-state index contributed by atoms with van der Waals surface area (Å²) in [6.07, 6.45) is -1.24. The molecule has 0 bridgehead atoms. The van der Waals surface area contributed by atoms with Crippen LogP contribution in [-0.4, -0.2) is 12.1 Å². The molecule has 2 N–H and O–H groups in total. The summed E-state index contributed by atoms with van der Waals surface area (Å²) in [7, 11) is 0. The molecule has 5 heteroatoms. The molecule has 1 aliphatic heterocycles. The Labute approximate surface area is 111 Å². The van der Waals surface area contributed by atoms with Crippen LogP contribution in [0.4, 0.5) is 24.5 Å². The van der Waals surface area contributed by atoms with E-state index in [9.17, 15) is 13.2 Å². The van der Waals surface area contributed by atoms with Gasteiger partial charge in [0.05, 0.1) is 16.9 Å². The zero-order valence-electron chi connectivity index (χ0n) is 11.2. The Morgan fingerprint density at radius 2 is 2.00 bits per heavy atom. The number of nitrogens with zero attached hydrogens (tertiary/aromatic N) is 1. The van der Waals surface area contributed by atoms with Crippen molar-refractivity contribution in [1.29, 1.82) is 0 Å². The van der Waals surface area contributed by atoms with E-state index in [1.165, 1.54) is 6.07 Å². The lowest BCUT2D eigenvalue weighted by molar-refractivity contribution is -0.137. The molecule has 2 nitrogen and oxygen atoms in total. The van der Waals surface area contributed by atoms with Gasteiger partial charge in [-0.3, -0.25) is 0 Å². The minimum absolute atomic E-state index is 0.210. The van der Waals surface area contributed by atoms with Crippen molar-refractivity contribution >= 4 is 11.4 Å². The predicted molar refractivity (Wildman–Crippen MR) is 71.1 cm³/mol. The lowest BCUT2D eigenvalue weighted by atomic mass is 10.1. The number of nitrogens with two attached hydrogens (primary N) is 1. The summed E-state index contributed by atoms with van der Waals surface area (Å²) in [5.74, 6) is 0. The molecule has 19 heavy (non-hydrogen) atoms. The van der Waals surface area contributed by atoms with Gasteiger partial charge < -0.3 is 10.6 Å². The van der Waals surface area contributed by atoms with Crippen LogP contribution in [0.3, 0.4) is 0 Å². The first-order valence-electron chi connectivity index (χ1n) is 6.59. The Kier molecular flexibility index (Phi) is 3.65. The van der Waals surface area contributed by atoms with E-state index < -0.39 is 11.7 Å².